The molecule has 0 fully saturated rings. The number of hydrogen-bond acceptors (Lipinski definition) is 3. The van der Waals surface area contributed by atoms with Crippen molar-refractivity contribution in [3.63, 3.8) is 0 Å². The van der Waals surface area contributed by atoms with Gasteiger partial charge in [0.25, 0.3) is 0 Å². The van der Waals surface area contributed by atoms with Crippen molar-refractivity contribution in [3.8, 4) is 0 Å². The molecule has 0 aromatic heterocycles. The lowest BCUT2D eigenvalue weighted by atomic mass is 10.1. The second-order valence-corrected chi connectivity index (χ2v) is 3.48. The van der Waals surface area contributed by atoms with Crippen LogP contribution in [-0.4, -0.2) is 17.1 Å². The predicted molar refractivity (Wildman–Crippen MR) is 57.9 cm³/mol. The van der Waals surface area contributed by atoms with Crippen LogP contribution in [-0.2, 0) is 17.9 Å². The van der Waals surface area contributed by atoms with E-state index in [-0.39, 0.29) is 12.5 Å². The molecule has 1 aromatic carbocycles. The molecule has 82 valence electrons. The van der Waals surface area contributed by atoms with Crippen LogP contribution in [0.4, 0.5) is 0 Å². The maximum absolute atomic E-state index is 11.2. The van der Waals surface area contributed by atoms with Gasteiger partial charge in [0.15, 0.2) is 0 Å². The fraction of sp³-hybridized carbons (Fsp3) is 0.364. The van der Waals surface area contributed by atoms with E-state index in [1.165, 1.54) is 0 Å². The minimum atomic E-state index is -0.494. The number of rotatable bonds is 4. The number of aliphatic hydroxyl groups is 1. The third-order valence-electron chi connectivity index (χ3n) is 2.05. The van der Waals surface area contributed by atoms with Crippen LogP contribution >= 0.6 is 0 Å². The average molecular weight is 208 g/mol. The van der Waals surface area contributed by atoms with Gasteiger partial charge in [0.05, 0.1) is 12.6 Å². The van der Waals surface area contributed by atoms with Gasteiger partial charge in [-0.1, -0.05) is 24.3 Å². The normalized spacial score (nSPS) is 12.2. The Bertz CT molecular complexity index is 337. The van der Waals surface area contributed by atoms with E-state index < -0.39 is 6.04 Å². The van der Waals surface area contributed by atoms with Crippen molar-refractivity contribution < 1.29 is 9.90 Å². The molecule has 0 bridgehead atoms. The maximum Gasteiger partial charge on any atom is 0.236 e. The molecule has 1 atom stereocenters. The Labute approximate surface area is 89.1 Å². The second-order valence-electron chi connectivity index (χ2n) is 3.48. The minimum absolute atomic E-state index is 0.00901. The number of nitrogens with two attached hydrogens (primary N) is 1. The average Bonchev–Trinajstić information content (AvgIpc) is 2.26. The summed E-state index contributed by atoms with van der Waals surface area (Å²) < 4.78 is 0. The molecular formula is C11H16N2O2. The highest BCUT2D eigenvalue weighted by atomic mass is 16.3. The van der Waals surface area contributed by atoms with Crippen LogP contribution < -0.4 is 11.1 Å². The molecule has 0 spiro atoms. The van der Waals surface area contributed by atoms with Crippen molar-refractivity contribution in [2.24, 2.45) is 5.73 Å². The quantitative estimate of drug-likeness (QED) is 0.659. The van der Waals surface area contributed by atoms with Crippen LogP contribution in [0.3, 0.4) is 0 Å². The number of amides is 1. The van der Waals surface area contributed by atoms with Crippen molar-refractivity contribution in [2.45, 2.75) is 26.1 Å². The third kappa shape index (κ3) is 3.69. The molecule has 0 aliphatic carbocycles. The van der Waals surface area contributed by atoms with E-state index in [4.69, 9.17) is 10.8 Å². The Kier molecular flexibility index (Phi) is 4.27. The van der Waals surface area contributed by atoms with Crippen LogP contribution in [0.5, 0.6) is 0 Å². The Hall–Kier alpha value is -1.39. The first kappa shape index (κ1) is 11.7. The second kappa shape index (κ2) is 5.48. The van der Waals surface area contributed by atoms with Gasteiger partial charge in [0.2, 0.25) is 5.91 Å². The van der Waals surface area contributed by atoms with E-state index in [1.807, 2.05) is 24.3 Å². The van der Waals surface area contributed by atoms with Crippen LogP contribution in [0.15, 0.2) is 24.3 Å². The summed E-state index contributed by atoms with van der Waals surface area (Å²) in [6.07, 6.45) is 0. The van der Waals surface area contributed by atoms with Crippen LogP contribution in [0, 0.1) is 0 Å². The fourth-order valence-corrected chi connectivity index (χ4v) is 1.19. The van der Waals surface area contributed by atoms with Gasteiger partial charge in [-0.3, -0.25) is 4.79 Å². The monoisotopic (exact) mass is 208 g/mol. The highest BCUT2D eigenvalue weighted by Crippen LogP contribution is 2.04. The van der Waals surface area contributed by atoms with E-state index in [0.29, 0.717) is 6.54 Å². The Morgan fingerprint density at radius 2 is 2.20 bits per heavy atom. The van der Waals surface area contributed by atoms with Gasteiger partial charge in [0.1, 0.15) is 0 Å². The molecule has 1 rings (SSSR count). The molecule has 0 saturated heterocycles. The lowest BCUT2D eigenvalue weighted by Gasteiger charge is -2.08. The molecule has 15 heavy (non-hydrogen) atoms. The van der Waals surface area contributed by atoms with Crippen molar-refractivity contribution in [1.29, 1.82) is 0 Å². The molecule has 0 aliphatic heterocycles. The summed E-state index contributed by atoms with van der Waals surface area (Å²) in [5, 5.41) is 11.6. The number of benzene rings is 1. The number of hydrogen-bond donors (Lipinski definition) is 3. The Morgan fingerprint density at radius 1 is 1.53 bits per heavy atom. The molecule has 0 radical (unpaired) electrons. The zero-order valence-corrected chi connectivity index (χ0v) is 8.73. The zero-order valence-electron chi connectivity index (χ0n) is 8.73. The van der Waals surface area contributed by atoms with Crippen molar-refractivity contribution >= 4 is 5.91 Å². The number of carbonyl (C=O) groups excluding carboxylic acids is 1. The van der Waals surface area contributed by atoms with Gasteiger partial charge in [-0.25, -0.2) is 0 Å². The first-order chi connectivity index (χ1) is 7.13. The highest BCUT2D eigenvalue weighted by molar-refractivity contribution is 5.80. The van der Waals surface area contributed by atoms with E-state index in [9.17, 15) is 4.79 Å². The molecular weight excluding hydrogens is 192 g/mol. The molecule has 1 amide bonds. The van der Waals surface area contributed by atoms with Gasteiger partial charge < -0.3 is 16.2 Å². The molecule has 0 aliphatic rings. The molecule has 1 aromatic rings. The first-order valence-corrected chi connectivity index (χ1v) is 4.85. The van der Waals surface area contributed by atoms with Crippen molar-refractivity contribution in [3.05, 3.63) is 35.4 Å². The SMILES string of the molecule is C[C@@H](N)C(=O)NCc1cccc(CO)c1. The number of nitrogens with one attached hydrogen (secondary N) is 1. The molecule has 4 N–H and O–H groups in total. The molecule has 0 heterocycles. The van der Waals surface area contributed by atoms with Crippen LogP contribution in [0.2, 0.25) is 0 Å². The Morgan fingerprint density at radius 3 is 2.80 bits per heavy atom. The molecule has 4 heteroatoms. The topological polar surface area (TPSA) is 75.4 Å². The minimum Gasteiger partial charge on any atom is -0.392 e. The van der Waals surface area contributed by atoms with E-state index in [0.717, 1.165) is 11.1 Å². The lowest BCUT2D eigenvalue weighted by Crippen LogP contribution is -2.37. The maximum atomic E-state index is 11.2. The molecule has 0 unspecified atom stereocenters. The van der Waals surface area contributed by atoms with Crippen molar-refractivity contribution in [1.82, 2.24) is 5.32 Å². The third-order valence-corrected chi connectivity index (χ3v) is 2.05. The van der Waals surface area contributed by atoms with E-state index >= 15 is 0 Å². The van der Waals surface area contributed by atoms with Crippen molar-refractivity contribution in [2.75, 3.05) is 0 Å². The number of carbonyl (C=O) groups is 1. The van der Waals surface area contributed by atoms with Gasteiger partial charge in [-0.2, -0.15) is 0 Å². The molecule has 4 nitrogen and oxygen atoms in total. The van der Waals surface area contributed by atoms with Gasteiger partial charge >= 0.3 is 0 Å². The first-order valence-electron chi connectivity index (χ1n) is 4.85. The largest absolute Gasteiger partial charge is 0.392 e. The lowest BCUT2D eigenvalue weighted by molar-refractivity contribution is -0.122. The van der Waals surface area contributed by atoms with Gasteiger partial charge in [-0.05, 0) is 18.1 Å². The highest BCUT2D eigenvalue weighted by Gasteiger charge is 2.05. The zero-order chi connectivity index (χ0) is 11.3. The standard InChI is InChI=1S/C11H16N2O2/c1-8(12)11(15)13-6-9-3-2-4-10(5-9)7-14/h2-5,8,14H,6-7,12H2,1H3,(H,13,15)/t8-/m1/s1. The summed E-state index contributed by atoms with van der Waals surface area (Å²) in [4.78, 5) is 11.2. The van der Waals surface area contributed by atoms with Crippen LogP contribution in [0.1, 0.15) is 18.1 Å². The summed E-state index contributed by atoms with van der Waals surface area (Å²) in [5.74, 6) is -0.176. The van der Waals surface area contributed by atoms with E-state index in [2.05, 4.69) is 5.32 Å². The van der Waals surface area contributed by atoms with Gasteiger partial charge in [-0.15, -0.1) is 0 Å². The fourth-order valence-electron chi connectivity index (χ4n) is 1.19. The Balaban J connectivity index is 2.54. The summed E-state index contributed by atoms with van der Waals surface area (Å²) in [7, 11) is 0. The predicted octanol–water partition coefficient (Wildman–Crippen LogP) is 0.142. The summed E-state index contributed by atoms with van der Waals surface area (Å²) >= 11 is 0. The van der Waals surface area contributed by atoms with E-state index in [1.54, 1.807) is 6.92 Å². The van der Waals surface area contributed by atoms with Crippen LogP contribution in [0.25, 0.3) is 0 Å². The summed E-state index contributed by atoms with van der Waals surface area (Å²) in [5.41, 5.74) is 7.19. The summed E-state index contributed by atoms with van der Waals surface area (Å²) in [6, 6.07) is 6.92. The van der Waals surface area contributed by atoms with Gasteiger partial charge in [0, 0.05) is 6.54 Å². The molecule has 0 saturated carbocycles. The summed E-state index contributed by atoms with van der Waals surface area (Å²) in [6.45, 7) is 2.09. The smallest absolute Gasteiger partial charge is 0.236 e. The number of aliphatic hydroxyl groups excluding tert-OH is 1.